The van der Waals surface area contributed by atoms with Crippen molar-refractivity contribution in [3.8, 4) is 0 Å². The minimum Gasteiger partial charge on any atom is -0.345 e. The van der Waals surface area contributed by atoms with E-state index in [2.05, 4.69) is 15.1 Å². The summed E-state index contributed by atoms with van der Waals surface area (Å²) in [4.78, 5) is 16.0. The van der Waals surface area contributed by atoms with E-state index in [9.17, 15) is 9.18 Å². The van der Waals surface area contributed by atoms with Crippen LogP contribution in [0, 0.1) is 5.82 Å². The Morgan fingerprint density at radius 1 is 1.17 bits per heavy atom. The van der Waals surface area contributed by atoms with Gasteiger partial charge < -0.3 is 9.80 Å². The Labute approximate surface area is 145 Å². The number of anilines is 1. The third kappa shape index (κ3) is 4.08. The van der Waals surface area contributed by atoms with E-state index < -0.39 is 0 Å². The Hall–Kier alpha value is -2.02. The maximum absolute atomic E-state index is 13.0. The summed E-state index contributed by atoms with van der Waals surface area (Å²) in [6.45, 7) is 5.12. The van der Waals surface area contributed by atoms with Crippen molar-refractivity contribution < 1.29 is 9.18 Å². The summed E-state index contributed by atoms with van der Waals surface area (Å²) >= 11 is 1.57. The van der Waals surface area contributed by atoms with Crippen molar-refractivity contribution in [1.82, 2.24) is 15.1 Å². The molecule has 7 heteroatoms. The Morgan fingerprint density at radius 2 is 1.96 bits per heavy atom. The summed E-state index contributed by atoms with van der Waals surface area (Å²) in [5.41, 5.74) is 1.02. The van der Waals surface area contributed by atoms with Gasteiger partial charge in [0.15, 0.2) is 0 Å². The van der Waals surface area contributed by atoms with Crippen molar-refractivity contribution in [3.05, 3.63) is 40.7 Å². The standard InChI is InChI=1S/C17H21FN4OS/c1-2-16(23)21-8-3-9-22(11-10-21)17-20-19-15(24-17)12-13-4-6-14(18)7-5-13/h4-7H,2-3,8-12H2,1H3. The van der Waals surface area contributed by atoms with E-state index in [1.807, 2.05) is 11.8 Å². The minimum absolute atomic E-state index is 0.214. The average Bonchev–Trinajstić information content (AvgIpc) is 2.91. The molecule has 0 spiro atoms. The summed E-state index contributed by atoms with van der Waals surface area (Å²) in [5.74, 6) is -0.0152. The minimum atomic E-state index is -0.229. The summed E-state index contributed by atoms with van der Waals surface area (Å²) in [5, 5.41) is 10.4. The summed E-state index contributed by atoms with van der Waals surface area (Å²) < 4.78 is 13.0. The first-order chi connectivity index (χ1) is 11.7. The van der Waals surface area contributed by atoms with Gasteiger partial charge in [-0.05, 0) is 24.1 Å². The molecule has 0 bridgehead atoms. The lowest BCUT2D eigenvalue weighted by molar-refractivity contribution is -0.130. The number of rotatable bonds is 4. The lowest BCUT2D eigenvalue weighted by Gasteiger charge is -2.20. The predicted molar refractivity (Wildman–Crippen MR) is 92.8 cm³/mol. The number of carbonyl (C=O) groups is 1. The number of amides is 1. The Balaban J connectivity index is 1.62. The topological polar surface area (TPSA) is 49.3 Å². The van der Waals surface area contributed by atoms with Crippen LogP contribution in [-0.2, 0) is 11.2 Å². The number of aromatic nitrogens is 2. The van der Waals surface area contributed by atoms with E-state index in [0.29, 0.717) is 12.8 Å². The highest BCUT2D eigenvalue weighted by molar-refractivity contribution is 7.15. The van der Waals surface area contributed by atoms with E-state index in [-0.39, 0.29) is 11.7 Å². The number of benzene rings is 1. The number of carbonyl (C=O) groups excluding carboxylic acids is 1. The molecule has 1 aromatic carbocycles. The first-order valence-electron chi connectivity index (χ1n) is 8.25. The molecule has 0 unspecified atom stereocenters. The molecule has 0 saturated carbocycles. The van der Waals surface area contributed by atoms with Crippen LogP contribution in [0.3, 0.4) is 0 Å². The maximum atomic E-state index is 13.0. The Kier molecular flexibility index (Phi) is 5.40. The van der Waals surface area contributed by atoms with Gasteiger partial charge in [-0.2, -0.15) is 0 Å². The van der Waals surface area contributed by atoms with Crippen LogP contribution in [0.4, 0.5) is 9.52 Å². The third-order valence-electron chi connectivity index (χ3n) is 4.15. The molecule has 24 heavy (non-hydrogen) atoms. The van der Waals surface area contributed by atoms with Crippen LogP contribution in [0.15, 0.2) is 24.3 Å². The average molecular weight is 348 g/mol. The monoisotopic (exact) mass is 348 g/mol. The number of nitrogens with zero attached hydrogens (tertiary/aromatic N) is 4. The summed E-state index contributed by atoms with van der Waals surface area (Å²) in [7, 11) is 0. The molecular formula is C17H21FN4OS. The normalized spacial score (nSPS) is 15.4. The van der Waals surface area contributed by atoms with Crippen LogP contribution in [0.25, 0.3) is 0 Å². The van der Waals surface area contributed by atoms with E-state index in [0.717, 1.165) is 48.3 Å². The van der Waals surface area contributed by atoms with Crippen molar-refractivity contribution in [3.63, 3.8) is 0 Å². The molecule has 3 rings (SSSR count). The van der Waals surface area contributed by atoms with Gasteiger partial charge in [0.05, 0.1) is 0 Å². The molecule has 1 aliphatic heterocycles. The molecule has 1 saturated heterocycles. The van der Waals surface area contributed by atoms with Crippen LogP contribution >= 0.6 is 11.3 Å². The van der Waals surface area contributed by atoms with Crippen LogP contribution in [0.5, 0.6) is 0 Å². The fourth-order valence-corrected chi connectivity index (χ4v) is 3.73. The van der Waals surface area contributed by atoms with Gasteiger partial charge in [-0.1, -0.05) is 30.4 Å². The zero-order valence-electron chi connectivity index (χ0n) is 13.7. The van der Waals surface area contributed by atoms with Crippen molar-refractivity contribution in [1.29, 1.82) is 0 Å². The molecule has 1 amide bonds. The van der Waals surface area contributed by atoms with E-state index in [1.165, 1.54) is 12.1 Å². The summed E-state index contributed by atoms with van der Waals surface area (Å²) in [6, 6.07) is 6.48. The van der Waals surface area contributed by atoms with E-state index in [4.69, 9.17) is 0 Å². The van der Waals surface area contributed by atoms with Gasteiger partial charge in [0, 0.05) is 39.0 Å². The SMILES string of the molecule is CCC(=O)N1CCCN(c2nnc(Cc3ccc(F)cc3)s2)CC1. The fraction of sp³-hybridized carbons (Fsp3) is 0.471. The number of halogens is 1. The van der Waals surface area contributed by atoms with Crippen molar-refractivity contribution in [2.75, 3.05) is 31.1 Å². The molecule has 0 aliphatic carbocycles. The largest absolute Gasteiger partial charge is 0.345 e. The number of hydrogen-bond acceptors (Lipinski definition) is 5. The lowest BCUT2D eigenvalue weighted by Crippen LogP contribution is -2.34. The Morgan fingerprint density at radius 3 is 2.71 bits per heavy atom. The zero-order chi connectivity index (χ0) is 16.9. The van der Waals surface area contributed by atoms with Gasteiger partial charge in [0.1, 0.15) is 10.8 Å². The quantitative estimate of drug-likeness (QED) is 0.852. The molecule has 1 aromatic heterocycles. The second-order valence-electron chi connectivity index (χ2n) is 5.86. The highest BCUT2D eigenvalue weighted by Gasteiger charge is 2.20. The van der Waals surface area contributed by atoms with E-state index in [1.54, 1.807) is 23.5 Å². The van der Waals surface area contributed by atoms with Crippen LogP contribution in [0.1, 0.15) is 30.3 Å². The molecule has 1 aliphatic rings. The molecule has 1 fully saturated rings. The van der Waals surface area contributed by atoms with Crippen molar-refractivity contribution >= 4 is 22.4 Å². The molecule has 2 heterocycles. The summed E-state index contributed by atoms with van der Waals surface area (Å²) in [6.07, 6.45) is 2.16. The fourth-order valence-electron chi connectivity index (χ4n) is 2.80. The first-order valence-corrected chi connectivity index (χ1v) is 9.07. The highest BCUT2D eigenvalue weighted by Crippen LogP contribution is 2.23. The van der Waals surface area contributed by atoms with Gasteiger partial charge in [-0.3, -0.25) is 4.79 Å². The van der Waals surface area contributed by atoms with E-state index >= 15 is 0 Å². The maximum Gasteiger partial charge on any atom is 0.222 e. The van der Waals surface area contributed by atoms with Crippen molar-refractivity contribution in [2.24, 2.45) is 0 Å². The smallest absolute Gasteiger partial charge is 0.222 e. The molecule has 0 N–H and O–H groups in total. The third-order valence-corrected chi connectivity index (χ3v) is 5.13. The molecule has 5 nitrogen and oxygen atoms in total. The molecule has 0 radical (unpaired) electrons. The van der Waals surface area contributed by atoms with Crippen LogP contribution in [0.2, 0.25) is 0 Å². The van der Waals surface area contributed by atoms with Crippen LogP contribution < -0.4 is 4.90 Å². The second kappa shape index (κ2) is 7.70. The van der Waals surface area contributed by atoms with Gasteiger partial charge in [-0.25, -0.2) is 4.39 Å². The van der Waals surface area contributed by atoms with Gasteiger partial charge >= 0.3 is 0 Å². The highest BCUT2D eigenvalue weighted by atomic mass is 32.1. The Bertz CT molecular complexity index is 688. The number of hydrogen-bond donors (Lipinski definition) is 0. The molecule has 128 valence electrons. The molecular weight excluding hydrogens is 327 g/mol. The van der Waals surface area contributed by atoms with Crippen molar-refractivity contribution in [2.45, 2.75) is 26.2 Å². The lowest BCUT2D eigenvalue weighted by atomic mass is 10.2. The predicted octanol–water partition coefficient (Wildman–Crippen LogP) is 2.72. The van der Waals surface area contributed by atoms with Crippen LogP contribution in [-0.4, -0.2) is 47.2 Å². The van der Waals surface area contributed by atoms with Gasteiger partial charge in [-0.15, -0.1) is 10.2 Å². The molecule has 2 aromatic rings. The molecule has 0 atom stereocenters. The van der Waals surface area contributed by atoms with Gasteiger partial charge in [0.25, 0.3) is 0 Å². The van der Waals surface area contributed by atoms with Gasteiger partial charge in [0.2, 0.25) is 11.0 Å². The first kappa shape index (κ1) is 16.8. The zero-order valence-corrected chi connectivity index (χ0v) is 14.6. The second-order valence-corrected chi connectivity index (χ2v) is 6.90.